The molecule has 0 aliphatic heterocycles. The Hall–Kier alpha value is -3.13. The maximum atomic E-state index is 12.6. The zero-order chi connectivity index (χ0) is 21.1. The highest BCUT2D eigenvalue weighted by Gasteiger charge is 2.50. The number of rotatable bonds is 8. The van der Waals surface area contributed by atoms with E-state index in [-0.39, 0.29) is 16.7 Å². The van der Waals surface area contributed by atoms with Crippen LogP contribution in [0.3, 0.4) is 0 Å². The van der Waals surface area contributed by atoms with Crippen LogP contribution >= 0.6 is 0 Å². The Morgan fingerprint density at radius 3 is 2.14 bits per heavy atom. The molecule has 0 bridgehead atoms. The van der Waals surface area contributed by atoms with E-state index in [4.69, 9.17) is 0 Å². The predicted octanol–water partition coefficient (Wildman–Crippen LogP) is 2.78. The van der Waals surface area contributed by atoms with Crippen molar-refractivity contribution in [3.05, 3.63) is 66.7 Å². The Morgan fingerprint density at radius 1 is 1.03 bits per heavy atom. The lowest BCUT2D eigenvalue weighted by molar-refractivity contribution is -0.123. The van der Waals surface area contributed by atoms with Crippen molar-refractivity contribution >= 4 is 33.2 Å². The fourth-order valence-electron chi connectivity index (χ4n) is 3.10. The topological polar surface area (TPSA) is 104 Å². The molecule has 1 aliphatic carbocycles. The second-order valence-electron chi connectivity index (χ2n) is 6.97. The van der Waals surface area contributed by atoms with E-state index in [2.05, 4.69) is 21.9 Å². The van der Waals surface area contributed by atoms with Crippen LogP contribution < -0.4 is 15.4 Å². The van der Waals surface area contributed by atoms with Crippen LogP contribution in [-0.2, 0) is 25.0 Å². The Kier molecular flexibility index (Phi) is 5.74. The molecule has 0 aromatic heterocycles. The van der Waals surface area contributed by atoms with Gasteiger partial charge in [-0.1, -0.05) is 18.2 Å². The van der Waals surface area contributed by atoms with Crippen LogP contribution in [0.25, 0.3) is 0 Å². The lowest BCUT2D eigenvalue weighted by Gasteiger charge is -2.16. The molecule has 2 aromatic carbocycles. The smallest absolute Gasteiger partial charge is 0.261 e. The van der Waals surface area contributed by atoms with Crippen LogP contribution in [0.15, 0.2) is 66.1 Å². The van der Waals surface area contributed by atoms with Gasteiger partial charge in [0.1, 0.15) is 0 Å². The van der Waals surface area contributed by atoms with E-state index in [1.165, 1.54) is 31.2 Å². The van der Waals surface area contributed by atoms with Gasteiger partial charge in [-0.25, -0.2) is 8.42 Å². The van der Waals surface area contributed by atoms with E-state index < -0.39 is 15.4 Å². The Labute approximate surface area is 170 Å². The third-order valence-corrected chi connectivity index (χ3v) is 6.16. The summed E-state index contributed by atoms with van der Waals surface area (Å²) in [6.45, 7) is 5.39. The number of carbonyl (C=O) groups excluding carboxylic acids is 2. The van der Waals surface area contributed by atoms with E-state index >= 15 is 0 Å². The first kappa shape index (κ1) is 20.6. The highest BCUT2D eigenvalue weighted by Crippen LogP contribution is 2.48. The summed E-state index contributed by atoms with van der Waals surface area (Å²) in [5.74, 6) is -0.268. The highest BCUT2D eigenvalue weighted by atomic mass is 32.2. The molecule has 1 fully saturated rings. The second kappa shape index (κ2) is 8.08. The summed E-state index contributed by atoms with van der Waals surface area (Å²) >= 11 is 0. The minimum absolute atomic E-state index is 0.0370. The van der Waals surface area contributed by atoms with Gasteiger partial charge < -0.3 is 10.6 Å². The maximum Gasteiger partial charge on any atom is 0.261 e. The van der Waals surface area contributed by atoms with Gasteiger partial charge in [-0.2, -0.15) is 0 Å². The number of carbonyl (C=O) groups is 2. The van der Waals surface area contributed by atoms with Crippen molar-refractivity contribution in [2.45, 2.75) is 30.1 Å². The van der Waals surface area contributed by atoms with E-state index in [1.807, 2.05) is 0 Å². The number of amides is 2. The van der Waals surface area contributed by atoms with Crippen molar-refractivity contribution in [2.24, 2.45) is 0 Å². The third-order valence-electron chi connectivity index (χ3n) is 4.77. The molecule has 7 nitrogen and oxygen atoms in total. The summed E-state index contributed by atoms with van der Waals surface area (Å²) in [5, 5.41) is 5.42. The van der Waals surface area contributed by atoms with Crippen LogP contribution in [0.1, 0.15) is 25.3 Å². The lowest BCUT2D eigenvalue weighted by atomic mass is 9.95. The molecule has 0 atom stereocenters. The van der Waals surface area contributed by atoms with E-state index in [9.17, 15) is 18.0 Å². The van der Waals surface area contributed by atoms with E-state index in [0.717, 1.165) is 18.4 Å². The molecule has 2 aromatic rings. The van der Waals surface area contributed by atoms with Crippen LogP contribution in [0.4, 0.5) is 11.4 Å². The lowest BCUT2D eigenvalue weighted by Crippen LogP contribution is -2.34. The summed E-state index contributed by atoms with van der Waals surface area (Å²) in [5.41, 5.74) is 1.26. The van der Waals surface area contributed by atoms with Gasteiger partial charge in [0.25, 0.3) is 10.0 Å². The zero-order valence-corrected chi connectivity index (χ0v) is 16.9. The third kappa shape index (κ3) is 4.65. The quantitative estimate of drug-likeness (QED) is 0.579. The zero-order valence-electron chi connectivity index (χ0n) is 16.1. The fraction of sp³-hybridized carbons (Fsp3) is 0.238. The molecule has 1 aliphatic rings. The van der Waals surface area contributed by atoms with Gasteiger partial charge >= 0.3 is 0 Å². The average Bonchev–Trinajstić information content (AvgIpc) is 3.48. The van der Waals surface area contributed by atoms with Crippen molar-refractivity contribution in [3.63, 3.8) is 0 Å². The van der Waals surface area contributed by atoms with Gasteiger partial charge in [-0.3, -0.25) is 14.3 Å². The number of anilines is 2. The number of hydrogen-bond acceptors (Lipinski definition) is 4. The first-order valence-electron chi connectivity index (χ1n) is 9.17. The first-order valence-corrected chi connectivity index (χ1v) is 10.7. The Bertz CT molecular complexity index is 1020. The minimum Gasteiger partial charge on any atom is -0.352 e. The van der Waals surface area contributed by atoms with Crippen molar-refractivity contribution in [2.75, 3.05) is 16.6 Å². The number of sulfonamides is 1. The molecule has 3 N–H and O–H groups in total. The summed E-state index contributed by atoms with van der Waals surface area (Å²) in [4.78, 5) is 23.5. The largest absolute Gasteiger partial charge is 0.352 e. The molecule has 0 spiro atoms. The standard InChI is InChI=1S/C21H23N3O4S/c1-3-14-22-20(26)21(12-13-21)16-4-6-18(7-5-16)24-29(27,28)19-10-8-17(9-11-19)23-15(2)25/h3-11,24H,1,12-14H2,2H3,(H,22,26)(H,23,25). The van der Waals surface area contributed by atoms with Gasteiger partial charge in [0, 0.05) is 24.8 Å². The van der Waals surface area contributed by atoms with Gasteiger partial charge in [0.15, 0.2) is 0 Å². The summed E-state index contributed by atoms with van der Waals surface area (Å²) in [6.07, 6.45) is 3.16. The SMILES string of the molecule is C=CCNC(=O)C1(c2ccc(NS(=O)(=O)c3ccc(NC(C)=O)cc3)cc2)CC1. The van der Waals surface area contributed by atoms with E-state index in [1.54, 1.807) is 30.3 Å². The summed E-state index contributed by atoms with van der Waals surface area (Å²) in [6, 6.07) is 12.8. The molecule has 2 amide bonds. The highest BCUT2D eigenvalue weighted by molar-refractivity contribution is 7.92. The second-order valence-corrected chi connectivity index (χ2v) is 8.65. The van der Waals surface area contributed by atoms with Crippen molar-refractivity contribution in [1.82, 2.24) is 5.32 Å². The van der Waals surface area contributed by atoms with Crippen molar-refractivity contribution in [1.29, 1.82) is 0 Å². The van der Waals surface area contributed by atoms with Gasteiger partial charge in [-0.05, 0) is 54.8 Å². The Balaban J connectivity index is 1.71. The molecule has 3 rings (SSSR count). The predicted molar refractivity (Wildman–Crippen MR) is 112 cm³/mol. The molecule has 0 radical (unpaired) electrons. The van der Waals surface area contributed by atoms with Gasteiger partial charge in [0.2, 0.25) is 11.8 Å². The molecule has 1 saturated carbocycles. The van der Waals surface area contributed by atoms with Crippen LogP contribution in [0, 0.1) is 0 Å². The Morgan fingerprint density at radius 2 is 1.62 bits per heavy atom. The maximum absolute atomic E-state index is 12.6. The van der Waals surface area contributed by atoms with Gasteiger partial charge in [0.05, 0.1) is 10.3 Å². The molecule has 8 heteroatoms. The molecule has 0 unspecified atom stereocenters. The molecular formula is C21H23N3O4S. The van der Waals surface area contributed by atoms with Crippen LogP contribution in [0.5, 0.6) is 0 Å². The number of benzene rings is 2. The molecule has 152 valence electrons. The van der Waals surface area contributed by atoms with Crippen molar-refractivity contribution < 1.29 is 18.0 Å². The van der Waals surface area contributed by atoms with Gasteiger partial charge in [-0.15, -0.1) is 6.58 Å². The van der Waals surface area contributed by atoms with Crippen molar-refractivity contribution in [3.8, 4) is 0 Å². The number of hydrogen-bond donors (Lipinski definition) is 3. The van der Waals surface area contributed by atoms with Crippen LogP contribution in [-0.4, -0.2) is 26.8 Å². The first-order chi connectivity index (χ1) is 13.8. The molecule has 0 saturated heterocycles. The number of nitrogens with one attached hydrogen (secondary N) is 3. The molecule has 29 heavy (non-hydrogen) atoms. The van der Waals surface area contributed by atoms with E-state index in [0.29, 0.717) is 17.9 Å². The monoisotopic (exact) mass is 413 g/mol. The minimum atomic E-state index is -3.77. The molecular weight excluding hydrogens is 390 g/mol. The van der Waals surface area contributed by atoms with Crippen LogP contribution in [0.2, 0.25) is 0 Å². The summed E-state index contributed by atoms with van der Waals surface area (Å²) < 4.78 is 27.7. The molecule has 0 heterocycles. The normalized spacial score (nSPS) is 14.5. The fourth-order valence-corrected chi connectivity index (χ4v) is 4.16. The average molecular weight is 413 g/mol. The summed E-state index contributed by atoms with van der Waals surface area (Å²) in [7, 11) is -3.77.